The Bertz CT molecular complexity index is 1830. The van der Waals surface area contributed by atoms with Crippen molar-refractivity contribution in [3.05, 3.63) is 80.4 Å². The Morgan fingerprint density at radius 3 is 2.13 bits per heavy atom. The van der Waals surface area contributed by atoms with Crippen LogP contribution >= 0.6 is 23.2 Å². The molecule has 2 aliphatic heterocycles. The number of urea groups is 2. The number of benzene rings is 1. The van der Waals surface area contributed by atoms with Crippen LogP contribution in [0.1, 0.15) is 63.1 Å². The maximum Gasteiger partial charge on any atom is 0.330 e. The highest BCUT2D eigenvalue weighted by Gasteiger charge is 2.34. The number of imide groups is 1. The van der Waals surface area contributed by atoms with Gasteiger partial charge in [0.2, 0.25) is 0 Å². The minimum absolute atomic E-state index is 0. The van der Waals surface area contributed by atoms with Crippen molar-refractivity contribution in [2.75, 3.05) is 48.3 Å². The minimum Gasteiger partial charge on any atom is -0.359 e. The molecule has 0 spiro atoms. The smallest absolute Gasteiger partial charge is 0.330 e. The van der Waals surface area contributed by atoms with Crippen molar-refractivity contribution in [2.24, 2.45) is 0 Å². The van der Waals surface area contributed by atoms with E-state index in [1.54, 1.807) is 52.1 Å². The first-order valence-electron chi connectivity index (χ1n) is 17.5. The van der Waals surface area contributed by atoms with E-state index in [1.165, 1.54) is 6.07 Å². The summed E-state index contributed by atoms with van der Waals surface area (Å²) < 4.78 is 24.8. The molecule has 13 nitrogen and oxygen atoms in total. The Morgan fingerprint density at radius 1 is 0.962 bits per heavy atom. The van der Waals surface area contributed by atoms with Gasteiger partial charge in [0, 0.05) is 57.9 Å². The molecule has 0 bridgehead atoms. The average molecular weight is 761 g/mol. The van der Waals surface area contributed by atoms with E-state index in [0.29, 0.717) is 79.9 Å². The number of pyridine rings is 1. The fraction of sp³-hybridized carbons (Fsp3) is 0.472. The first-order valence-corrected chi connectivity index (χ1v) is 18.2. The van der Waals surface area contributed by atoms with E-state index in [1.807, 2.05) is 0 Å². The van der Waals surface area contributed by atoms with Crippen molar-refractivity contribution in [1.82, 2.24) is 30.0 Å². The van der Waals surface area contributed by atoms with Crippen LogP contribution in [0, 0.1) is 33.5 Å². The van der Waals surface area contributed by atoms with Crippen molar-refractivity contribution >= 4 is 52.5 Å². The molecule has 0 radical (unpaired) electrons. The topological polar surface area (TPSA) is 136 Å². The summed E-state index contributed by atoms with van der Waals surface area (Å²) in [5.41, 5.74) is 2.96. The zero-order valence-electron chi connectivity index (χ0n) is 30.0. The number of amides is 4. The van der Waals surface area contributed by atoms with Crippen LogP contribution in [0.2, 0.25) is 10.0 Å². The van der Waals surface area contributed by atoms with Crippen molar-refractivity contribution in [1.29, 1.82) is 0 Å². The molecule has 16 heteroatoms. The molecule has 2 N–H and O–H groups in total. The Hall–Kier alpha value is -4.24. The van der Waals surface area contributed by atoms with Gasteiger partial charge in [-0.25, -0.2) is 23.9 Å². The van der Waals surface area contributed by atoms with Crippen LogP contribution in [-0.2, 0) is 13.1 Å². The molecule has 0 unspecified atom stereocenters. The van der Waals surface area contributed by atoms with E-state index in [2.05, 4.69) is 42.6 Å². The molecule has 4 amide bonds. The predicted octanol–water partition coefficient (Wildman–Crippen LogP) is 8.06. The number of hydrogen-bond donors (Lipinski definition) is 2. The van der Waals surface area contributed by atoms with Gasteiger partial charge in [0.05, 0.1) is 11.6 Å². The summed E-state index contributed by atoms with van der Waals surface area (Å²) in [6.07, 6.45) is 4.65. The normalized spacial score (nSPS) is 17.4. The van der Waals surface area contributed by atoms with E-state index in [-0.39, 0.29) is 15.2 Å². The summed E-state index contributed by atoms with van der Waals surface area (Å²) in [5, 5.41) is 14.1. The zero-order valence-corrected chi connectivity index (χ0v) is 31.5. The van der Waals surface area contributed by atoms with E-state index < -0.39 is 12.1 Å². The monoisotopic (exact) mass is 759 g/mol. The second-order valence-corrected chi connectivity index (χ2v) is 14.3. The molecule has 1 atom stereocenters. The van der Waals surface area contributed by atoms with Crippen molar-refractivity contribution in [3.63, 3.8) is 0 Å². The van der Waals surface area contributed by atoms with Gasteiger partial charge in [-0.3, -0.25) is 9.80 Å². The first kappa shape index (κ1) is 37.5. The van der Waals surface area contributed by atoms with E-state index in [0.717, 1.165) is 56.9 Å². The Kier molecular flexibility index (Phi) is 11.7. The number of likely N-dealkylation sites (tertiary alicyclic amines) is 1. The number of nitrogens with zero attached hydrogens (tertiary/aromatic N) is 7. The fourth-order valence-electron chi connectivity index (χ4n) is 7.09. The number of carbonyl (C=O) groups is 2. The van der Waals surface area contributed by atoms with Crippen LogP contribution < -0.4 is 15.5 Å². The standard InChI is InChI=1S/C36H44Cl2FN9O4.2H2/c1-6-28-20-46(13-14-47(28)29-9-11-45(12-10-29)19-26-7-8-27(37)16-31(26)39)34-30(38)15-25(17-40-34)18-48(35(49)41-32-21(2)43-51-23(32)4)36(50)42-33-22(3)44-52-24(33)5;;/h7-8,15-17,28-29H,6,9-14,18-20H2,1-5H3,(H,41,49)(H,42,50);2*1H/t28-;;/m0../s1. The summed E-state index contributed by atoms with van der Waals surface area (Å²) >= 11 is 12.8. The van der Waals surface area contributed by atoms with Gasteiger partial charge < -0.3 is 24.6 Å². The second-order valence-electron chi connectivity index (χ2n) is 13.5. The van der Waals surface area contributed by atoms with Crippen LogP contribution in [0.5, 0.6) is 0 Å². The zero-order chi connectivity index (χ0) is 37.1. The van der Waals surface area contributed by atoms with Gasteiger partial charge in [-0.15, -0.1) is 0 Å². The van der Waals surface area contributed by atoms with Gasteiger partial charge >= 0.3 is 12.1 Å². The van der Waals surface area contributed by atoms with Gasteiger partial charge in [0.1, 0.15) is 34.4 Å². The number of piperidine rings is 1. The van der Waals surface area contributed by atoms with Gasteiger partial charge in [0.25, 0.3) is 0 Å². The predicted molar refractivity (Wildman–Crippen MR) is 202 cm³/mol. The van der Waals surface area contributed by atoms with Crippen LogP contribution in [0.25, 0.3) is 0 Å². The highest BCUT2D eigenvalue weighted by molar-refractivity contribution is 6.33. The summed E-state index contributed by atoms with van der Waals surface area (Å²) in [5.74, 6) is 1.22. The molecular formula is C36H48Cl2FN9O4. The molecule has 2 saturated heterocycles. The number of rotatable bonds is 9. The Labute approximate surface area is 315 Å². The molecule has 282 valence electrons. The number of aryl methyl sites for hydroxylation is 4. The van der Waals surface area contributed by atoms with E-state index in [4.69, 9.17) is 37.2 Å². The molecule has 3 aromatic heterocycles. The molecule has 0 aliphatic carbocycles. The third kappa shape index (κ3) is 8.35. The quantitative estimate of drug-likeness (QED) is 0.173. The Morgan fingerprint density at radius 2 is 1.60 bits per heavy atom. The molecule has 0 saturated carbocycles. The number of aromatic nitrogens is 3. The number of piperazine rings is 1. The lowest BCUT2D eigenvalue weighted by Crippen LogP contribution is -2.58. The van der Waals surface area contributed by atoms with Crippen LogP contribution in [0.4, 0.5) is 31.2 Å². The summed E-state index contributed by atoms with van der Waals surface area (Å²) in [6, 6.07) is 6.02. The van der Waals surface area contributed by atoms with Crippen LogP contribution in [-0.4, -0.2) is 86.9 Å². The maximum absolute atomic E-state index is 14.4. The molecule has 1 aromatic carbocycles. The van der Waals surface area contributed by atoms with Gasteiger partial charge in [0.15, 0.2) is 11.5 Å². The summed E-state index contributed by atoms with van der Waals surface area (Å²) in [7, 11) is 0. The summed E-state index contributed by atoms with van der Waals surface area (Å²) in [4.78, 5) is 40.0. The molecule has 52 heavy (non-hydrogen) atoms. The summed E-state index contributed by atoms with van der Waals surface area (Å²) in [6.45, 7) is 13.6. The molecule has 2 aliphatic rings. The van der Waals surface area contributed by atoms with Crippen molar-refractivity contribution in [3.8, 4) is 0 Å². The maximum atomic E-state index is 14.4. The number of halogens is 3. The third-order valence-electron chi connectivity index (χ3n) is 9.97. The van der Waals surface area contributed by atoms with Crippen LogP contribution in [0.15, 0.2) is 39.5 Å². The fourth-order valence-corrected chi connectivity index (χ4v) is 7.55. The number of nitrogens with one attached hydrogen (secondary N) is 2. The molecule has 6 rings (SSSR count). The van der Waals surface area contributed by atoms with E-state index in [9.17, 15) is 14.0 Å². The molecule has 4 aromatic rings. The molecular weight excluding hydrogens is 712 g/mol. The number of anilines is 3. The lowest BCUT2D eigenvalue weighted by molar-refractivity contribution is 0.0607. The minimum atomic E-state index is -0.691. The van der Waals surface area contributed by atoms with E-state index >= 15 is 0 Å². The third-order valence-corrected chi connectivity index (χ3v) is 10.5. The van der Waals surface area contributed by atoms with Gasteiger partial charge in [-0.2, -0.15) is 0 Å². The number of hydrogen-bond acceptors (Lipinski definition) is 10. The highest BCUT2D eigenvalue weighted by Crippen LogP contribution is 2.31. The Balaban J connectivity index is 0.00000325. The van der Waals surface area contributed by atoms with Gasteiger partial charge in [-0.05, 0) is 83.8 Å². The molecule has 2 fully saturated rings. The first-order chi connectivity index (χ1) is 24.9. The van der Waals surface area contributed by atoms with Crippen molar-refractivity contribution in [2.45, 2.75) is 79.1 Å². The average Bonchev–Trinajstić information content (AvgIpc) is 3.62. The van der Waals surface area contributed by atoms with Crippen LogP contribution in [0.3, 0.4) is 0 Å². The SMILES string of the molecule is CC[C@H]1CN(c2ncc(CN(C(=O)Nc3c(C)noc3C)C(=O)Nc3c(C)noc3C)cc2Cl)CCN1C1CCN(Cc2ccc(Cl)cc2F)CC1.[HH].[HH]. The second kappa shape index (κ2) is 16.2. The van der Waals surface area contributed by atoms with Gasteiger partial charge in [-0.1, -0.05) is 46.5 Å². The lowest BCUT2D eigenvalue weighted by Gasteiger charge is -2.47. The van der Waals surface area contributed by atoms with Crippen molar-refractivity contribution < 1.29 is 25.9 Å². The highest BCUT2D eigenvalue weighted by atomic mass is 35.5. The number of carbonyl (C=O) groups excluding carboxylic acids is 2. The molecule has 5 heterocycles. The lowest BCUT2D eigenvalue weighted by atomic mass is 9.97. The largest absolute Gasteiger partial charge is 0.359 e.